The van der Waals surface area contributed by atoms with E-state index in [2.05, 4.69) is 28.2 Å². The van der Waals surface area contributed by atoms with Gasteiger partial charge in [0.25, 0.3) is 0 Å². The highest BCUT2D eigenvalue weighted by molar-refractivity contribution is 6.30. The molecule has 0 radical (unpaired) electrons. The molecule has 0 fully saturated rings. The van der Waals surface area contributed by atoms with Crippen molar-refractivity contribution in [3.8, 4) is 0 Å². The smallest absolute Gasteiger partial charge is 0.175 e. The fraction of sp³-hybridized carbons (Fsp3) is 0.714. The summed E-state index contributed by atoms with van der Waals surface area (Å²) in [6, 6.07) is 0. The third-order valence-corrected chi connectivity index (χ3v) is 0.287. The van der Waals surface area contributed by atoms with E-state index in [0.717, 1.165) is 11.4 Å². The Morgan fingerprint density at radius 1 is 1.09 bits per heavy atom. The summed E-state index contributed by atoms with van der Waals surface area (Å²) in [5, 5.41) is 9.24. The Balaban J connectivity index is 0. The zero-order valence-electron chi connectivity index (χ0n) is 7.67. The van der Waals surface area contributed by atoms with Gasteiger partial charge in [0.15, 0.2) is 5.78 Å². The van der Waals surface area contributed by atoms with E-state index in [1.165, 1.54) is 0 Å². The normalized spacial score (nSPS) is 9.55. The number of Topliss-reactive ketones (excluding diaryl/α,β-unsaturated/α-hetero) is 1. The molecular weight excluding hydrogens is 146 g/mol. The maximum absolute atomic E-state index is 9.48. The minimum atomic E-state index is -1.63. The lowest BCUT2D eigenvalue weighted by atomic mass is 10.5. The monoisotopic (exact) mass is 161 g/mol. The molecule has 66 valence electrons. The first kappa shape index (κ1) is 12.7. The minimum Gasteiger partial charge on any atom is -0.542 e. The number of carbonyl (C=O) groups is 2. The summed E-state index contributed by atoms with van der Waals surface area (Å²) in [5.41, 5.74) is 0. The van der Waals surface area contributed by atoms with Crippen LogP contribution >= 0.6 is 0 Å². The Morgan fingerprint density at radius 2 is 1.18 bits per heavy atom. The molecule has 4 heteroatoms. The summed E-state index contributed by atoms with van der Waals surface area (Å²) >= 11 is 0. The lowest BCUT2D eigenvalue weighted by molar-refractivity contribution is -0.849. The van der Waals surface area contributed by atoms with Gasteiger partial charge in [-0.1, -0.05) is 0 Å². The van der Waals surface area contributed by atoms with Crippen molar-refractivity contribution in [2.24, 2.45) is 0 Å². The third-order valence-electron chi connectivity index (χ3n) is 0.287. The zero-order chi connectivity index (χ0) is 9.65. The molecule has 0 atom stereocenters. The third kappa shape index (κ3) is 47.7. The Hall–Kier alpha value is -0.900. The average molecular weight is 161 g/mol. The first-order valence-electron chi connectivity index (χ1n) is 3.15. The Bertz CT molecular complexity index is 128. The molecule has 4 nitrogen and oxygen atoms in total. The number of quaternary nitrogens is 1. The van der Waals surface area contributed by atoms with Crippen LogP contribution in [0, 0.1) is 0 Å². The fourth-order valence-electron chi connectivity index (χ4n) is 0. The Labute approximate surface area is 67.0 Å². The number of aliphatic carboxylic acids is 1. The van der Waals surface area contributed by atoms with E-state index in [-0.39, 0.29) is 0 Å². The molecule has 0 N–H and O–H groups in total. The average Bonchev–Trinajstić information content (AvgIpc) is 1.59. The predicted molar refractivity (Wildman–Crippen MR) is 39.6 cm³/mol. The molecule has 0 heterocycles. The van der Waals surface area contributed by atoms with E-state index in [9.17, 15) is 14.7 Å². The van der Waals surface area contributed by atoms with Gasteiger partial charge in [0.05, 0.1) is 28.2 Å². The summed E-state index contributed by atoms with van der Waals surface area (Å²) in [4.78, 5) is 18.7. The number of carboxylic acids is 1. The maximum Gasteiger partial charge on any atom is 0.175 e. The molecule has 0 bridgehead atoms. The number of hydrogen-bond donors (Lipinski definition) is 0. The second-order valence-corrected chi connectivity index (χ2v) is 3.53. The zero-order valence-corrected chi connectivity index (χ0v) is 7.67. The van der Waals surface area contributed by atoms with Crippen LogP contribution in [0.5, 0.6) is 0 Å². The molecule has 0 saturated carbocycles. The highest BCUT2D eigenvalue weighted by atomic mass is 16.4. The second-order valence-electron chi connectivity index (χ2n) is 3.53. The van der Waals surface area contributed by atoms with Crippen LogP contribution in [0.3, 0.4) is 0 Å². The first-order valence-corrected chi connectivity index (χ1v) is 3.15. The Kier molecular flexibility index (Phi) is 5.62. The molecule has 0 aliphatic rings. The quantitative estimate of drug-likeness (QED) is 0.353. The molecular formula is C7H15NO3. The summed E-state index contributed by atoms with van der Waals surface area (Å²) < 4.78 is 1.00. The van der Waals surface area contributed by atoms with Gasteiger partial charge in [0, 0.05) is 6.92 Å². The van der Waals surface area contributed by atoms with Crippen molar-refractivity contribution in [2.45, 2.75) is 6.92 Å². The number of rotatable bonds is 1. The lowest BCUT2D eigenvalue weighted by Crippen LogP contribution is -2.29. The molecule has 0 aliphatic heterocycles. The predicted octanol–water partition coefficient (Wildman–Crippen LogP) is -1.35. The van der Waals surface area contributed by atoms with Crippen LogP contribution in [0.2, 0.25) is 0 Å². The van der Waals surface area contributed by atoms with Crippen molar-refractivity contribution in [1.82, 2.24) is 0 Å². The van der Waals surface area contributed by atoms with Crippen molar-refractivity contribution in [3.05, 3.63) is 0 Å². The van der Waals surface area contributed by atoms with Gasteiger partial charge in [0.1, 0.15) is 5.97 Å². The van der Waals surface area contributed by atoms with Gasteiger partial charge < -0.3 is 14.4 Å². The van der Waals surface area contributed by atoms with Gasteiger partial charge in [-0.05, 0) is 0 Å². The molecule has 0 saturated heterocycles. The van der Waals surface area contributed by atoms with Gasteiger partial charge in [-0.2, -0.15) is 0 Å². The first-order chi connectivity index (χ1) is 4.64. The number of hydrogen-bond acceptors (Lipinski definition) is 3. The van der Waals surface area contributed by atoms with E-state index < -0.39 is 11.8 Å². The van der Waals surface area contributed by atoms with Crippen molar-refractivity contribution >= 4 is 11.8 Å². The minimum absolute atomic E-state index is 0.935. The van der Waals surface area contributed by atoms with Gasteiger partial charge in [0.2, 0.25) is 0 Å². The van der Waals surface area contributed by atoms with Crippen LogP contribution in [0.1, 0.15) is 6.92 Å². The number of carbonyl (C=O) groups excluding carboxylic acids is 2. The molecule has 0 unspecified atom stereocenters. The fourth-order valence-corrected chi connectivity index (χ4v) is 0. The Morgan fingerprint density at radius 3 is 1.18 bits per heavy atom. The SMILES string of the molecule is CC(=O)C(=O)[O-].C[N+](C)(C)C. The molecule has 0 amide bonds. The van der Waals surface area contributed by atoms with E-state index >= 15 is 0 Å². The van der Waals surface area contributed by atoms with E-state index in [0.29, 0.717) is 0 Å². The standard InChI is InChI=1S/C4H12N.C3H4O3/c1-5(2,3)4;1-2(4)3(5)6/h1-4H3;1H3,(H,5,6)/q+1;/p-1. The molecule has 0 spiro atoms. The maximum atomic E-state index is 9.48. The summed E-state index contributed by atoms with van der Waals surface area (Å²) in [6.45, 7) is 0.940. The number of nitrogens with zero attached hydrogens (tertiary/aromatic N) is 1. The molecule has 0 aromatic carbocycles. The van der Waals surface area contributed by atoms with Crippen LogP contribution < -0.4 is 5.11 Å². The molecule has 0 rings (SSSR count). The van der Waals surface area contributed by atoms with Crippen molar-refractivity contribution in [3.63, 3.8) is 0 Å². The van der Waals surface area contributed by atoms with Gasteiger partial charge >= 0.3 is 0 Å². The number of ketones is 1. The van der Waals surface area contributed by atoms with Gasteiger partial charge in [-0.25, -0.2) is 0 Å². The largest absolute Gasteiger partial charge is 0.542 e. The molecule has 0 aliphatic carbocycles. The lowest BCUT2D eigenvalue weighted by Gasteiger charge is -2.14. The van der Waals surface area contributed by atoms with E-state index in [4.69, 9.17) is 0 Å². The van der Waals surface area contributed by atoms with Gasteiger partial charge in [-0.15, -0.1) is 0 Å². The van der Waals surface area contributed by atoms with Crippen LogP contribution in [-0.4, -0.2) is 44.4 Å². The second kappa shape index (κ2) is 4.85. The van der Waals surface area contributed by atoms with Crippen LogP contribution in [-0.2, 0) is 9.59 Å². The topological polar surface area (TPSA) is 57.2 Å². The van der Waals surface area contributed by atoms with Crippen LogP contribution in [0.25, 0.3) is 0 Å². The van der Waals surface area contributed by atoms with Crippen LogP contribution in [0.4, 0.5) is 0 Å². The highest BCUT2D eigenvalue weighted by Crippen LogP contribution is 1.73. The summed E-state index contributed by atoms with van der Waals surface area (Å²) in [7, 11) is 8.50. The highest BCUT2D eigenvalue weighted by Gasteiger charge is 1.88. The van der Waals surface area contributed by atoms with Crippen molar-refractivity contribution in [1.29, 1.82) is 0 Å². The molecule has 0 aromatic heterocycles. The molecule has 0 aromatic rings. The van der Waals surface area contributed by atoms with E-state index in [1.54, 1.807) is 0 Å². The number of carboxylic acid groups (broad SMARTS) is 1. The van der Waals surface area contributed by atoms with E-state index in [1.807, 2.05) is 0 Å². The van der Waals surface area contributed by atoms with Crippen molar-refractivity contribution in [2.75, 3.05) is 28.2 Å². The van der Waals surface area contributed by atoms with Crippen LogP contribution in [0.15, 0.2) is 0 Å². The summed E-state index contributed by atoms with van der Waals surface area (Å²) in [6.07, 6.45) is 0. The molecule has 11 heavy (non-hydrogen) atoms. The summed E-state index contributed by atoms with van der Waals surface area (Å²) in [5.74, 6) is -2.56. The van der Waals surface area contributed by atoms with Gasteiger partial charge in [-0.3, -0.25) is 4.79 Å². The van der Waals surface area contributed by atoms with Crippen molar-refractivity contribution < 1.29 is 19.2 Å².